The Hall–Kier alpha value is -1.66. The number of pyridine rings is 1. The van der Waals surface area contributed by atoms with Crippen LogP contribution in [0.25, 0.3) is 0 Å². The van der Waals surface area contributed by atoms with Gasteiger partial charge in [-0.25, -0.2) is 4.79 Å². The predicted molar refractivity (Wildman–Crippen MR) is 130 cm³/mol. The summed E-state index contributed by atoms with van der Waals surface area (Å²) in [7, 11) is 9.76. The van der Waals surface area contributed by atoms with E-state index in [1.54, 1.807) is 32.4 Å². The molecule has 0 bridgehead atoms. The molecule has 0 N–H and O–H groups in total. The number of rotatable bonds is 17. The van der Waals surface area contributed by atoms with E-state index in [0.29, 0.717) is 12.3 Å². The van der Waals surface area contributed by atoms with Gasteiger partial charge < -0.3 is 19.4 Å². The summed E-state index contributed by atoms with van der Waals surface area (Å²) in [6, 6.07) is 3.61. The van der Waals surface area contributed by atoms with Gasteiger partial charge in [-0.3, -0.25) is 4.98 Å². The first-order valence-electron chi connectivity index (χ1n) is 12.1. The Labute approximate surface area is 191 Å². The highest BCUT2D eigenvalue weighted by Crippen LogP contribution is 2.18. The molecule has 0 aliphatic heterocycles. The van der Waals surface area contributed by atoms with E-state index in [-0.39, 0.29) is 6.09 Å². The zero-order valence-electron chi connectivity index (χ0n) is 20.7. The van der Waals surface area contributed by atoms with E-state index in [1.807, 2.05) is 0 Å². The number of amides is 1. The van der Waals surface area contributed by atoms with E-state index < -0.39 is 0 Å². The minimum Gasteiger partial charge on any atom is -0.408 e. The zero-order valence-corrected chi connectivity index (χ0v) is 20.7. The second-order valence-corrected chi connectivity index (χ2v) is 9.14. The largest absolute Gasteiger partial charge is 0.414 e. The SMILES string of the molecule is CN(C)CCCCCCCCCCCCCN(C)Cc1ncccc1OC(=O)N(C)C. The highest BCUT2D eigenvalue weighted by molar-refractivity contribution is 5.70. The van der Waals surface area contributed by atoms with Crippen LogP contribution in [-0.4, -0.2) is 74.1 Å². The van der Waals surface area contributed by atoms with Gasteiger partial charge in [0.2, 0.25) is 0 Å². The van der Waals surface area contributed by atoms with Crippen molar-refractivity contribution < 1.29 is 9.53 Å². The molecule has 0 aliphatic carbocycles. The van der Waals surface area contributed by atoms with E-state index in [9.17, 15) is 4.79 Å². The molecule has 0 unspecified atom stereocenters. The number of ether oxygens (including phenoxy) is 1. The van der Waals surface area contributed by atoms with Crippen molar-refractivity contribution in [1.82, 2.24) is 19.7 Å². The lowest BCUT2D eigenvalue weighted by atomic mass is 10.1. The molecule has 0 atom stereocenters. The topological polar surface area (TPSA) is 48.9 Å². The second kappa shape index (κ2) is 17.0. The molecule has 0 spiro atoms. The van der Waals surface area contributed by atoms with Crippen LogP contribution in [0.5, 0.6) is 5.75 Å². The van der Waals surface area contributed by atoms with Gasteiger partial charge in [-0.1, -0.05) is 57.8 Å². The Morgan fingerprint density at radius 1 is 0.806 bits per heavy atom. The molecule has 0 aromatic carbocycles. The third kappa shape index (κ3) is 14.1. The molecule has 0 saturated heterocycles. The fraction of sp³-hybridized carbons (Fsp3) is 0.760. The lowest BCUT2D eigenvalue weighted by Gasteiger charge is -2.18. The number of carbonyl (C=O) groups excluding carboxylic acids is 1. The summed E-state index contributed by atoms with van der Waals surface area (Å²) in [6.45, 7) is 2.94. The summed E-state index contributed by atoms with van der Waals surface area (Å²) >= 11 is 0. The zero-order chi connectivity index (χ0) is 22.9. The summed E-state index contributed by atoms with van der Waals surface area (Å²) in [5.74, 6) is 0.547. The average Bonchev–Trinajstić information content (AvgIpc) is 2.72. The molecule has 0 aliphatic rings. The van der Waals surface area contributed by atoms with Crippen LogP contribution < -0.4 is 4.74 Å². The Kier molecular flexibility index (Phi) is 15.0. The van der Waals surface area contributed by atoms with Gasteiger partial charge in [0, 0.05) is 26.8 Å². The maximum atomic E-state index is 11.8. The Bertz CT molecular complexity index is 593. The molecule has 0 radical (unpaired) electrons. The standard InChI is InChI=1S/C25H46N4O2/c1-27(2)20-15-13-11-9-7-6-8-10-12-14-16-21-29(5)22-23-24(18-17-19-26-23)31-25(30)28(3)4/h17-19H,6-16,20-22H2,1-5H3. The molecule has 1 heterocycles. The maximum absolute atomic E-state index is 11.8. The van der Waals surface area contributed by atoms with E-state index >= 15 is 0 Å². The quantitative estimate of drug-likeness (QED) is 0.306. The van der Waals surface area contributed by atoms with Crippen LogP contribution in [0.2, 0.25) is 0 Å². The van der Waals surface area contributed by atoms with Gasteiger partial charge in [-0.05, 0) is 59.2 Å². The van der Waals surface area contributed by atoms with E-state index in [0.717, 1.165) is 12.2 Å². The van der Waals surface area contributed by atoms with Crippen LogP contribution in [0.15, 0.2) is 18.3 Å². The van der Waals surface area contributed by atoms with Crippen molar-refractivity contribution in [3.8, 4) is 5.75 Å². The molecule has 1 aromatic rings. The van der Waals surface area contributed by atoms with Crippen molar-refractivity contribution >= 4 is 6.09 Å². The van der Waals surface area contributed by atoms with Crippen LogP contribution in [0, 0.1) is 0 Å². The van der Waals surface area contributed by atoms with Crippen LogP contribution in [-0.2, 0) is 6.54 Å². The van der Waals surface area contributed by atoms with Crippen molar-refractivity contribution in [2.45, 2.75) is 77.2 Å². The Balaban J connectivity index is 2.06. The van der Waals surface area contributed by atoms with Crippen LogP contribution >= 0.6 is 0 Å². The van der Waals surface area contributed by atoms with Crippen molar-refractivity contribution in [3.05, 3.63) is 24.0 Å². The molecule has 1 aromatic heterocycles. The predicted octanol–water partition coefficient (Wildman–Crippen LogP) is 5.43. The summed E-state index contributed by atoms with van der Waals surface area (Å²) in [6.07, 6.45) is 16.2. The van der Waals surface area contributed by atoms with Crippen LogP contribution in [0.4, 0.5) is 4.79 Å². The lowest BCUT2D eigenvalue weighted by Crippen LogP contribution is -2.26. The monoisotopic (exact) mass is 434 g/mol. The molecular formula is C25H46N4O2. The number of aromatic nitrogens is 1. The van der Waals surface area contributed by atoms with Gasteiger partial charge in [-0.15, -0.1) is 0 Å². The number of hydrogen-bond acceptors (Lipinski definition) is 5. The highest BCUT2D eigenvalue weighted by atomic mass is 16.6. The number of nitrogens with zero attached hydrogens (tertiary/aromatic N) is 4. The molecule has 6 heteroatoms. The van der Waals surface area contributed by atoms with Gasteiger partial charge in [0.15, 0.2) is 5.75 Å². The molecule has 0 saturated carbocycles. The van der Waals surface area contributed by atoms with Gasteiger partial charge in [0.1, 0.15) is 0 Å². The van der Waals surface area contributed by atoms with Crippen molar-refractivity contribution in [3.63, 3.8) is 0 Å². The summed E-state index contributed by atoms with van der Waals surface area (Å²) in [5, 5.41) is 0. The Morgan fingerprint density at radius 2 is 1.32 bits per heavy atom. The maximum Gasteiger partial charge on any atom is 0.414 e. The molecule has 31 heavy (non-hydrogen) atoms. The van der Waals surface area contributed by atoms with Crippen molar-refractivity contribution in [1.29, 1.82) is 0 Å². The summed E-state index contributed by atoms with van der Waals surface area (Å²) in [5.41, 5.74) is 0.807. The van der Waals surface area contributed by atoms with Crippen LogP contribution in [0.3, 0.4) is 0 Å². The highest BCUT2D eigenvalue weighted by Gasteiger charge is 2.13. The molecule has 1 amide bonds. The third-order valence-corrected chi connectivity index (χ3v) is 5.48. The van der Waals surface area contributed by atoms with E-state index in [2.05, 4.69) is 35.9 Å². The Morgan fingerprint density at radius 3 is 1.84 bits per heavy atom. The number of hydrogen-bond donors (Lipinski definition) is 0. The first-order chi connectivity index (χ1) is 14.9. The minimum absolute atomic E-state index is 0.374. The van der Waals surface area contributed by atoms with Crippen molar-refractivity contribution in [2.75, 3.05) is 48.3 Å². The second-order valence-electron chi connectivity index (χ2n) is 9.14. The first kappa shape index (κ1) is 27.4. The molecule has 1 rings (SSSR count). The van der Waals surface area contributed by atoms with Gasteiger partial charge >= 0.3 is 6.09 Å². The van der Waals surface area contributed by atoms with Gasteiger partial charge in [0.05, 0.1) is 5.69 Å². The molecule has 0 fully saturated rings. The minimum atomic E-state index is -0.374. The normalized spacial score (nSPS) is 11.3. The van der Waals surface area contributed by atoms with Crippen LogP contribution in [0.1, 0.15) is 76.3 Å². The summed E-state index contributed by atoms with van der Waals surface area (Å²) < 4.78 is 5.43. The van der Waals surface area contributed by atoms with E-state index in [1.165, 1.54) is 82.1 Å². The molecule has 6 nitrogen and oxygen atoms in total. The van der Waals surface area contributed by atoms with Gasteiger partial charge in [0.25, 0.3) is 0 Å². The fourth-order valence-electron chi connectivity index (χ4n) is 3.56. The lowest BCUT2D eigenvalue weighted by molar-refractivity contribution is 0.170. The number of unbranched alkanes of at least 4 members (excludes halogenated alkanes) is 10. The van der Waals surface area contributed by atoms with Gasteiger partial charge in [-0.2, -0.15) is 0 Å². The van der Waals surface area contributed by atoms with Crippen molar-refractivity contribution in [2.24, 2.45) is 0 Å². The first-order valence-corrected chi connectivity index (χ1v) is 12.1. The average molecular weight is 435 g/mol. The third-order valence-electron chi connectivity index (χ3n) is 5.48. The number of carbonyl (C=O) groups is 1. The smallest absolute Gasteiger partial charge is 0.408 e. The van der Waals surface area contributed by atoms with E-state index in [4.69, 9.17) is 4.74 Å². The fourth-order valence-corrected chi connectivity index (χ4v) is 3.56. The molecule has 178 valence electrons. The summed E-state index contributed by atoms with van der Waals surface area (Å²) in [4.78, 5) is 22.2. The molecular weight excluding hydrogens is 388 g/mol.